The van der Waals surface area contributed by atoms with Crippen LogP contribution in [0.15, 0.2) is 85.5 Å². The summed E-state index contributed by atoms with van der Waals surface area (Å²) in [6, 6.07) is 15.4. The van der Waals surface area contributed by atoms with Gasteiger partial charge < -0.3 is 10.6 Å². The second kappa shape index (κ2) is 8.31. The SMILES string of the molecule is O=C(C=Cc1cccnc1)Nc1ccc(Nc2ccc(F)cc2)c2ccncc12. The third kappa shape index (κ3) is 4.44. The molecule has 2 heterocycles. The number of rotatable bonds is 5. The van der Waals surface area contributed by atoms with Crippen LogP contribution in [0.2, 0.25) is 0 Å². The fourth-order valence-corrected chi connectivity index (χ4v) is 2.92. The average molecular weight is 384 g/mol. The standard InChI is InChI=1S/C23H17FN4O/c24-17-4-6-18(7-5-17)27-21-8-9-22(20-15-26-13-11-19(20)21)28-23(29)10-3-16-2-1-12-25-14-16/h1-15,27H,(H,28,29). The molecule has 5 nitrogen and oxygen atoms in total. The van der Waals surface area contributed by atoms with Gasteiger partial charge in [-0.2, -0.15) is 0 Å². The van der Waals surface area contributed by atoms with E-state index in [1.165, 1.54) is 18.2 Å². The summed E-state index contributed by atoms with van der Waals surface area (Å²) in [5.74, 6) is -0.541. The van der Waals surface area contributed by atoms with E-state index in [9.17, 15) is 9.18 Å². The predicted molar refractivity (Wildman–Crippen MR) is 113 cm³/mol. The van der Waals surface area contributed by atoms with Crippen LogP contribution in [0.4, 0.5) is 21.5 Å². The molecule has 0 aliphatic rings. The molecule has 1 amide bonds. The van der Waals surface area contributed by atoms with Gasteiger partial charge in [0.1, 0.15) is 5.82 Å². The summed E-state index contributed by atoms with van der Waals surface area (Å²) in [6.45, 7) is 0. The van der Waals surface area contributed by atoms with Gasteiger partial charge >= 0.3 is 0 Å². The molecular formula is C23H17FN4O. The van der Waals surface area contributed by atoms with Crippen LogP contribution in [-0.4, -0.2) is 15.9 Å². The molecule has 0 aliphatic carbocycles. The number of nitrogens with one attached hydrogen (secondary N) is 2. The van der Waals surface area contributed by atoms with Gasteiger partial charge in [-0.25, -0.2) is 4.39 Å². The van der Waals surface area contributed by atoms with Gasteiger partial charge in [0.15, 0.2) is 0 Å². The number of fused-ring (bicyclic) bond motifs is 1. The molecule has 29 heavy (non-hydrogen) atoms. The van der Waals surface area contributed by atoms with Gasteiger partial charge in [-0.05, 0) is 60.2 Å². The Morgan fingerprint density at radius 1 is 0.862 bits per heavy atom. The summed E-state index contributed by atoms with van der Waals surface area (Å²) in [5.41, 5.74) is 3.09. The molecule has 2 aromatic carbocycles. The maximum absolute atomic E-state index is 13.1. The predicted octanol–water partition coefficient (Wildman–Crippen LogP) is 5.16. The number of pyridine rings is 2. The first-order chi connectivity index (χ1) is 14.2. The molecule has 0 aliphatic heterocycles. The minimum absolute atomic E-state index is 0.252. The van der Waals surface area contributed by atoms with E-state index in [2.05, 4.69) is 20.6 Å². The molecule has 0 unspecified atom stereocenters. The number of carbonyl (C=O) groups excluding carboxylic acids is 1. The number of aromatic nitrogens is 2. The quantitative estimate of drug-likeness (QED) is 0.466. The van der Waals surface area contributed by atoms with Crippen LogP contribution in [-0.2, 0) is 4.79 Å². The second-order valence-electron chi connectivity index (χ2n) is 6.32. The molecule has 0 bridgehead atoms. The van der Waals surface area contributed by atoms with E-state index in [0.29, 0.717) is 5.69 Å². The number of nitrogens with zero attached hydrogens (tertiary/aromatic N) is 2. The Kier molecular flexibility index (Phi) is 5.25. The Hall–Kier alpha value is -4.06. The van der Waals surface area contributed by atoms with Crippen molar-refractivity contribution in [3.63, 3.8) is 0 Å². The molecule has 0 saturated heterocycles. The summed E-state index contributed by atoms with van der Waals surface area (Å²) >= 11 is 0. The first-order valence-electron chi connectivity index (χ1n) is 8.97. The number of benzene rings is 2. The molecule has 4 rings (SSSR count). The molecular weight excluding hydrogens is 367 g/mol. The summed E-state index contributed by atoms with van der Waals surface area (Å²) in [4.78, 5) is 20.5. The lowest BCUT2D eigenvalue weighted by Crippen LogP contribution is -2.08. The summed E-state index contributed by atoms with van der Waals surface area (Å²) in [6.07, 6.45) is 9.91. The normalized spacial score (nSPS) is 10.9. The minimum atomic E-state index is -0.290. The number of carbonyl (C=O) groups is 1. The Labute approximate surface area is 166 Å². The van der Waals surface area contributed by atoms with Crippen molar-refractivity contribution < 1.29 is 9.18 Å². The van der Waals surface area contributed by atoms with Crippen molar-refractivity contribution in [2.75, 3.05) is 10.6 Å². The van der Waals surface area contributed by atoms with E-state index in [4.69, 9.17) is 0 Å². The number of hydrogen-bond acceptors (Lipinski definition) is 4. The average Bonchev–Trinajstić information content (AvgIpc) is 2.76. The highest BCUT2D eigenvalue weighted by molar-refractivity contribution is 6.10. The van der Waals surface area contributed by atoms with Crippen molar-refractivity contribution in [2.24, 2.45) is 0 Å². The highest BCUT2D eigenvalue weighted by Crippen LogP contribution is 2.31. The van der Waals surface area contributed by atoms with Crippen LogP contribution in [0.5, 0.6) is 0 Å². The molecule has 2 N–H and O–H groups in total. The molecule has 0 saturated carbocycles. The van der Waals surface area contributed by atoms with Crippen molar-refractivity contribution in [1.29, 1.82) is 0 Å². The third-order valence-corrected chi connectivity index (χ3v) is 4.31. The Morgan fingerprint density at radius 2 is 1.66 bits per heavy atom. The van der Waals surface area contributed by atoms with Gasteiger partial charge in [0.25, 0.3) is 0 Å². The summed E-state index contributed by atoms with van der Waals surface area (Å²) < 4.78 is 13.1. The van der Waals surface area contributed by atoms with Crippen molar-refractivity contribution in [2.45, 2.75) is 0 Å². The fraction of sp³-hybridized carbons (Fsp3) is 0. The zero-order valence-corrected chi connectivity index (χ0v) is 15.3. The van der Waals surface area contributed by atoms with E-state index >= 15 is 0 Å². The Morgan fingerprint density at radius 3 is 2.45 bits per heavy atom. The summed E-state index contributed by atoms with van der Waals surface area (Å²) in [7, 11) is 0. The van der Waals surface area contributed by atoms with Gasteiger partial charge in [-0.15, -0.1) is 0 Å². The number of hydrogen-bond donors (Lipinski definition) is 2. The Bertz CT molecular complexity index is 1170. The van der Waals surface area contributed by atoms with Crippen LogP contribution in [0.25, 0.3) is 16.8 Å². The lowest BCUT2D eigenvalue weighted by molar-refractivity contribution is -0.111. The van der Waals surface area contributed by atoms with Crippen LogP contribution in [0, 0.1) is 5.82 Å². The molecule has 0 atom stereocenters. The molecule has 6 heteroatoms. The van der Waals surface area contributed by atoms with Crippen LogP contribution in [0.3, 0.4) is 0 Å². The van der Waals surface area contributed by atoms with Crippen molar-refractivity contribution in [1.82, 2.24) is 9.97 Å². The van der Waals surface area contributed by atoms with E-state index in [-0.39, 0.29) is 11.7 Å². The maximum Gasteiger partial charge on any atom is 0.248 e. The lowest BCUT2D eigenvalue weighted by Gasteiger charge is -2.13. The van der Waals surface area contributed by atoms with E-state index in [0.717, 1.165) is 27.7 Å². The lowest BCUT2D eigenvalue weighted by atomic mass is 10.1. The van der Waals surface area contributed by atoms with Crippen LogP contribution in [0.1, 0.15) is 5.56 Å². The molecule has 0 spiro atoms. The fourth-order valence-electron chi connectivity index (χ4n) is 2.92. The first kappa shape index (κ1) is 18.3. The monoisotopic (exact) mass is 384 g/mol. The van der Waals surface area contributed by atoms with Crippen LogP contribution >= 0.6 is 0 Å². The molecule has 2 aromatic heterocycles. The number of anilines is 3. The molecule has 0 fully saturated rings. The molecule has 142 valence electrons. The first-order valence-corrected chi connectivity index (χ1v) is 8.97. The third-order valence-electron chi connectivity index (χ3n) is 4.31. The Balaban J connectivity index is 1.58. The second-order valence-corrected chi connectivity index (χ2v) is 6.32. The van der Waals surface area contributed by atoms with Gasteiger partial charge in [0.2, 0.25) is 5.91 Å². The van der Waals surface area contributed by atoms with Crippen LogP contribution < -0.4 is 10.6 Å². The largest absolute Gasteiger partial charge is 0.355 e. The number of amides is 1. The minimum Gasteiger partial charge on any atom is -0.355 e. The van der Waals surface area contributed by atoms with E-state index in [1.807, 2.05) is 30.3 Å². The zero-order valence-electron chi connectivity index (χ0n) is 15.3. The smallest absolute Gasteiger partial charge is 0.248 e. The van der Waals surface area contributed by atoms with Gasteiger partial charge in [-0.1, -0.05) is 6.07 Å². The van der Waals surface area contributed by atoms with Crippen molar-refractivity contribution in [3.05, 3.63) is 96.8 Å². The topological polar surface area (TPSA) is 66.9 Å². The van der Waals surface area contributed by atoms with E-state index < -0.39 is 0 Å². The van der Waals surface area contributed by atoms with Gasteiger partial charge in [0, 0.05) is 53.0 Å². The molecule has 4 aromatic rings. The molecule has 0 radical (unpaired) electrons. The summed E-state index contributed by atoms with van der Waals surface area (Å²) in [5, 5.41) is 7.85. The van der Waals surface area contributed by atoms with Crippen molar-refractivity contribution in [3.8, 4) is 0 Å². The highest BCUT2D eigenvalue weighted by Gasteiger charge is 2.08. The highest BCUT2D eigenvalue weighted by atomic mass is 19.1. The zero-order chi connectivity index (χ0) is 20.1. The van der Waals surface area contributed by atoms with Crippen molar-refractivity contribution >= 4 is 39.8 Å². The van der Waals surface area contributed by atoms with Gasteiger partial charge in [0.05, 0.1) is 5.69 Å². The maximum atomic E-state index is 13.1. The van der Waals surface area contributed by atoms with E-state index in [1.54, 1.807) is 43.0 Å². The number of halogens is 1. The van der Waals surface area contributed by atoms with Gasteiger partial charge in [-0.3, -0.25) is 14.8 Å².